The lowest BCUT2D eigenvalue weighted by Crippen LogP contribution is -1.95. The fraction of sp³-hybridized carbons (Fsp3) is 0.0870. The van der Waals surface area contributed by atoms with Crippen LogP contribution in [0.3, 0.4) is 0 Å². The Balaban J connectivity index is 1.88. The second kappa shape index (κ2) is 6.29. The Morgan fingerprint density at radius 1 is 0.667 bits per heavy atom. The van der Waals surface area contributed by atoms with Crippen molar-refractivity contribution < 1.29 is 0 Å². The van der Waals surface area contributed by atoms with Crippen LogP contribution in [0.4, 0.5) is 0 Å². The van der Waals surface area contributed by atoms with E-state index in [2.05, 4.69) is 90.8 Å². The molecule has 116 valence electrons. The lowest BCUT2D eigenvalue weighted by atomic mass is 9.94. The molecule has 1 heterocycles. The summed E-state index contributed by atoms with van der Waals surface area (Å²) in [4.78, 5) is 4.66. The number of hydrogen-bond donors (Lipinski definition) is 0. The van der Waals surface area contributed by atoms with Gasteiger partial charge < -0.3 is 0 Å². The van der Waals surface area contributed by atoms with Crippen molar-refractivity contribution >= 4 is 10.8 Å². The Bertz CT molecular complexity index is 987. The number of fused-ring (bicyclic) bond motifs is 1. The zero-order chi connectivity index (χ0) is 16.4. The molecule has 0 saturated carbocycles. The number of benzene rings is 3. The highest BCUT2D eigenvalue weighted by Gasteiger charge is 2.09. The van der Waals surface area contributed by atoms with Crippen LogP contribution in [0.1, 0.15) is 16.8 Å². The summed E-state index contributed by atoms with van der Waals surface area (Å²) >= 11 is 0. The topological polar surface area (TPSA) is 12.9 Å². The van der Waals surface area contributed by atoms with Crippen molar-refractivity contribution in [1.82, 2.24) is 4.98 Å². The lowest BCUT2D eigenvalue weighted by molar-refractivity contribution is 1.10. The summed E-state index contributed by atoms with van der Waals surface area (Å²) in [6.07, 6.45) is 2.79. The quantitative estimate of drug-likeness (QED) is 0.466. The van der Waals surface area contributed by atoms with Gasteiger partial charge in [0, 0.05) is 18.0 Å². The predicted molar refractivity (Wildman–Crippen MR) is 101 cm³/mol. The van der Waals surface area contributed by atoms with Crippen molar-refractivity contribution in [2.75, 3.05) is 0 Å². The van der Waals surface area contributed by atoms with Gasteiger partial charge in [0.2, 0.25) is 0 Å². The van der Waals surface area contributed by atoms with Crippen LogP contribution in [0.5, 0.6) is 0 Å². The van der Waals surface area contributed by atoms with E-state index in [9.17, 15) is 0 Å². The second-order valence-corrected chi connectivity index (χ2v) is 6.14. The summed E-state index contributed by atoms with van der Waals surface area (Å²) in [5.41, 5.74) is 6.29. The summed E-state index contributed by atoms with van der Waals surface area (Å²) in [5.74, 6) is 0. The Labute approximate surface area is 142 Å². The van der Waals surface area contributed by atoms with Crippen LogP contribution < -0.4 is 0 Å². The second-order valence-electron chi connectivity index (χ2n) is 6.14. The average Bonchev–Trinajstić information content (AvgIpc) is 2.63. The largest absolute Gasteiger partial charge is 0.260 e. The molecule has 0 aliphatic rings. The minimum absolute atomic E-state index is 0.857. The van der Waals surface area contributed by atoms with Crippen molar-refractivity contribution in [2.45, 2.75) is 13.3 Å². The van der Waals surface area contributed by atoms with Crippen LogP contribution in [-0.4, -0.2) is 4.98 Å². The highest BCUT2D eigenvalue weighted by Crippen LogP contribution is 2.32. The van der Waals surface area contributed by atoms with E-state index >= 15 is 0 Å². The first-order chi connectivity index (χ1) is 11.8. The van der Waals surface area contributed by atoms with Crippen molar-refractivity contribution in [1.29, 1.82) is 0 Å². The average molecular weight is 309 g/mol. The summed E-state index contributed by atoms with van der Waals surface area (Å²) in [5, 5.41) is 2.51. The molecule has 24 heavy (non-hydrogen) atoms. The van der Waals surface area contributed by atoms with Gasteiger partial charge in [-0.15, -0.1) is 0 Å². The summed E-state index contributed by atoms with van der Waals surface area (Å²) < 4.78 is 0. The molecule has 0 amide bonds. The van der Waals surface area contributed by atoms with Gasteiger partial charge in [-0.3, -0.25) is 4.98 Å². The monoisotopic (exact) mass is 309 g/mol. The van der Waals surface area contributed by atoms with Gasteiger partial charge in [0.05, 0.1) is 5.69 Å². The molecule has 3 aromatic carbocycles. The molecule has 1 aromatic heterocycles. The lowest BCUT2D eigenvalue weighted by Gasteiger charge is -2.12. The molecule has 4 rings (SSSR count). The zero-order valence-electron chi connectivity index (χ0n) is 13.7. The molecule has 0 aliphatic carbocycles. The van der Waals surface area contributed by atoms with Crippen LogP contribution in [-0.2, 0) is 6.42 Å². The van der Waals surface area contributed by atoms with Gasteiger partial charge in [-0.25, -0.2) is 0 Å². The molecule has 4 aromatic rings. The molecule has 0 fully saturated rings. The van der Waals surface area contributed by atoms with Gasteiger partial charge in [0.15, 0.2) is 0 Å². The van der Waals surface area contributed by atoms with Gasteiger partial charge in [0.25, 0.3) is 0 Å². The standard InChI is InChI=1S/C23H19N/c1-17-8-5-6-11-19(17)20-12-7-13-22-21(20)14-15-24-23(22)16-18-9-3-2-4-10-18/h2-15H,16H2,1H3. The molecular formula is C23H19N. The van der Waals surface area contributed by atoms with Crippen LogP contribution in [0, 0.1) is 6.92 Å². The van der Waals surface area contributed by atoms with E-state index in [0.717, 1.165) is 12.1 Å². The fourth-order valence-electron chi connectivity index (χ4n) is 3.31. The van der Waals surface area contributed by atoms with E-state index in [4.69, 9.17) is 0 Å². The molecule has 0 radical (unpaired) electrons. The minimum Gasteiger partial charge on any atom is -0.260 e. The van der Waals surface area contributed by atoms with Gasteiger partial charge in [-0.05, 0) is 40.6 Å². The molecule has 0 N–H and O–H groups in total. The first kappa shape index (κ1) is 14.6. The van der Waals surface area contributed by atoms with E-state index in [1.807, 2.05) is 6.20 Å². The Kier molecular flexibility index (Phi) is 3.84. The first-order valence-electron chi connectivity index (χ1n) is 8.29. The maximum Gasteiger partial charge on any atom is 0.0525 e. The van der Waals surface area contributed by atoms with E-state index in [0.29, 0.717) is 0 Å². The Hall–Kier alpha value is -2.93. The Morgan fingerprint density at radius 2 is 1.42 bits per heavy atom. The summed E-state index contributed by atoms with van der Waals surface area (Å²) in [7, 11) is 0. The van der Waals surface area contributed by atoms with Crippen molar-refractivity contribution in [2.24, 2.45) is 0 Å². The normalized spacial score (nSPS) is 10.9. The van der Waals surface area contributed by atoms with E-state index in [1.54, 1.807) is 0 Å². The number of pyridine rings is 1. The molecular weight excluding hydrogens is 290 g/mol. The molecule has 1 nitrogen and oxygen atoms in total. The van der Waals surface area contributed by atoms with E-state index in [1.165, 1.54) is 33.0 Å². The van der Waals surface area contributed by atoms with Crippen LogP contribution in [0.15, 0.2) is 85.1 Å². The third-order valence-corrected chi connectivity index (χ3v) is 4.54. The molecule has 0 bridgehead atoms. The van der Waals surface area contributed by atoms with Crippen molar-refractivity contribution in [3.63, 3.8) is 0 Å². The van der Waals surface area contributed by atoms with Gasteiger partial charge in [0.1, 0.15) is 0 Å². The number of nitrogens with zero attached hydrogens (tertiary/aromatic N) is 1. The van der Waals surface area contributed by atoms with E-state index in [-0.39, 0.29) is 0 Å². The molecule has 0 atom stereocenters. The maximum absolute atomic E-state index is 4.66. The van der Waals surface area contributed by atoms with Crippen LogP contribution in [0.25, 0.3) is 21.9 Å². The number of aryl methyl sites for hydroxylation is 1. The molecule has 1 heteroatoms. The van der Waals surface area contributed by atoms with Crippen LogP contribution in [0.2, 0.25) is 0 Å². The predicted octanol–water partition coefficient (Wildman–Crippen LogP) is 5.80. The first-order valence-corrected chi connectivity index (χ1v) is 8.29. The van der Waals surface area contributed by atoms with Gasteiger partial charge >= 0.3 is 0 Å². The minimum atomic E-state index is 0.857. The van der Waals surface area contributed by atoms with Crippen molar-refractivity contribution in [3.8, 4) is 11.1 Å². The third-order valence-electron chi connectivity index (χ3n) is 4.54. The maximum atomic E-state index is 4.66. The van der Waals surface area contributed by atoms with Crippen molar-refractivity contribution in [3.05, 3.63) is 102 Å². The summed E-state index contributed by atoms with van der Waals surface area (Å²) in [6.45, 7) is 2.17. The smallest absolute Gasteiger partial charge is 0.0525 e. The molecule has 0 saturated heterocycles. The molecule has 0 aliphatic heterocycles. The summed E-state index contributed by atoms with van der Waals surface area (Å²) in [6, 6.07) is 27.7. The SMILES string of the molecule is Cc1ccccc1-c1cccc2c(Cc3ccccc3)nccc12. The zero-order valence-corrected chi connectivity index (χ0v) is 13.7. The van der Waals surface area contributed by atoms with Gasteiger partial charge in [-0.2, -0.15) is 0 Å². The number of hydrogen-bond acceptors (Lipinski definition) is 1. The molecule has 0 spiro atoms. The number of aromatic nitrogens is 1. The third kappa shape index (κ3) is 2.69. The molecule has 0 unspecified atom stereocenters. The Morgan fingerprint density at radius 3 is 2.25 bits per heavy atom. The van der Waals surface area contributed by atoms with Crippen LogP contribution >= 0.6 is 0 Å². The fourth-order valence-corrected chi connectivity index (χ4v) is 3.31. The van der Waals surface area contributed by atoms with Gasteiger partial charge in [-0.1, -0.05) is 72.8 Å². The highest BCUT2D eigenvalue weighted by molar-refractivity contribution is 5.98. The highest BCUT2D eigenvalue weighted by atomic mass is 14.7. The van der Waals surface area contributed by atoms with E-state index < -0.39 is 0 Å². The number of rotatable bonds is 3.